The van der Waals surface area contributed by atoms with Gasteiger partial charge in [0, 0.05) is 19.1 Å². The van der Waals surface area contributed by atoms with Crippen LogP contribution in [0.25, 0.3) is 0 Å². The van der Waals surface area contributed by atoms with Crippen LogP contribution in [0.3, 0.4) is 0 Å². The summed E-state index contributed by atoms with van der Waals surface area (Å²) in [5, 5.41) is 2.96. The molecule has 3 rings (SSSR count). The zero-order valence-electron chi connectivity index (χ0n) is 12.5. The van der Waals surface area contributed by atoms with Crippen LogP contribution in [0.5, 0.6) is 0 Å². The van der Waals surface area contributed by atoms with Crippen LogP contribution in [-0.4, -0.2) is 48.2 Å². The molecule has 21 heavy (non-hydrogen) atoms. The quantitative estimate of drug-likeness (QED) is 0.758. The van der Waals surface area contributed by atoms with E-state index in [9.17, 15) is 9.59 Å². The highest BCUT2D eigenvalue weighted by atomic mass is 16.5. The van der Waals surface area contributed by atoms with Crippen molar-refractivity contribution in [2.45, 2.75) is 56.6 Å². The van der Waals surface area contributed by atoms with Gasteiger partial charge in [-0.05, 0) is 38.6 Å². The Labute approximate surface area is 125 Å². The second kappa shape index (κ2) is 5.93. The summed E-state index contributed by atoms with van der Waals surface area (Å²) in [6, 6.07) is -0.252. The first-order chi connectivity index (χ1) is 10.2. The lowest BCUT2D eigenvalue weighted by Crippen LogP contribution is -2.57. The summed E-state index contributed by atoms with van der Waals surface area (Å²) in [5.41, 5.74) is 5.11. The molecule has 3 N–H and O–H groups in total. The monoisotopic (exact) mass is 295 g/mol. The molecule has 0 radical (unpaired) electrons. The first-order valence-corrected chi connectivity index (χ1v) is 8.13. The molecule has 3 amide bonds. The third kappa shape index (κ3) is 2.55. The van der Waals surface area contributed by atoms with Crippen LogP contribution in [0.4, 0.5) is 4.79 Å². The van der Waals surface area contributed by atoms with Gasteiger partial charge in [-0.1, -0.05) is 12.8 Å². The smallest absolute Gasteiger partial charge is 0.325 e. The minimum absolute atomic E-state index is 0.0652. The van der Waals surface area contributed by atoms with E-state index in [0.717, 1.165) is 51.6 Å². The normalized spacial score (nSPS) is 36.5. The first kappa shape index (κ1) is 14.8. The van der Waals surface area contributed by atoms with E-state index in [4.69, 9.17) is 10.5 Å². The topological polar surface area (TPSA) is 84.7 Å². The number of urea groups is 1. The van der Waals surface area contributed by atoms with Crippen molar-refractivity contribution in [2.24, 2.45) is 11.7 Å². The molecule has 2 heterocycles. The predicted molar refractivity (Wildman–Crippen MR) is 77.6 cm³/mol. The molecular formula is C15H25N3O3. The molecule has 1 spiro atoms. The Morgan fingerprint density at radius 1 is 1.29 bits per heavy atom. The number of hydrogen-bond acceptors (Lipinski definition) is 4. The maximum atomic E-state index is 12.8. The van der Waals surface area contributed by atoms with E-state index >= 15 is 0 Å². The first-order valence-electron chi connectivity index (χ1n) is 8.13. The Morgan fingerprint density at radius 3 is 2.86 bits per heavy atom. The van der Waals surface area contributed by atoms with Crippen molar-refractivity contribution in [3.63, 3.8) is 0 Å². The van der Waals surface area contributed by atoms with Crippen LogP contribution in [-0.2, 0) is 9.53 Å². The minimum atomic E-state index is -0.735. The van der Waals surface area contributed by atoms with Crippen molar-refractivity contribution in [3.8, 4) is 0 Å². The number of nitrogens with one attached hydrogen (secondary N) is 1. The van der Waals surface area contributed by atoms with E-state index < -0.39 is 5.54 Å². The third-order valence-electron chi connectivity index (χ3n) is 5.26. The van der Waals surface area contributed by atoms with E-state index in [1.54, 1.807) is 0 Å². The highest BCUT2D eigenvalue weighted by Gasteiger charge is 2.55. The lowest BCUT2D eigenvalue weighted by molar-refractivity contribution is -0.134. The molecule has 0 aromatic heterocycles. The van der Waals surface area contributed by atoms with Crippen LogP contribution in [0, 0.1) is 5.92 Å². The standard InChI is InChI=1S/C15H25N3O3/c16-10-11-4-1-2-7-15(11)13(19)18(14(20)17-15)8-6-12-5-3-9-21-12/h11-12H,1-10,16H2,(H,17,20). The summed E-state index contributed by atoms with van der Waals surface area (Å²) in [6.45, 7) is 1.70. The SMILES string of the molecule is NCC1CCCCC12NC(=O)N(CCC1CCCO1)C2=O. The largest absolute Gasteiger partial charge is 0.378 e. The Bertz CT molecular complexity index is 422. The van der Waals surface area contributed by atoms with Gasteiger partial charge in [-0.15, -0.1) is 0 Å². The molecule has 2 aliphatic heterocycles. The van der Waals surface area contributed by atoms with Gasteiger partial charge in [-0.2, -0.15) is 0 Å². The van der Waals surface area contributed by atoms with Crippen LogP contribution in [0.15, 0.2) is 0 Å². The highest BCUT2D eigenvalue weighted by Crippen LogP contribution is 2.38. The van der Waals surface area contributed by atoms with Crippen LogP contribution in [0.2, 0.25) is 0 Å². The van der Waals surface area contributed by atoms with Crippen molar-refractivity contribution in [3.05, 3.63) is 0 Å². The Morgan fingerprint density at radius 2 is 2.14 bits per heavy atom. The van der Waals surface area contributed by atoms with Gasteiger partial charge in [0.2, 0.25) is 0 Å². The maximum Gasteiger partial charge on any atom is 0.325 e. The number of ether oxygens (including phenoxy) is 1. The van der Waals surface area contributed by atoms with E-state index in [2.05, 4.69) is 5.32 Å². The summed E-state index contributed by atoms with van der Waals surface area (Å²) in [4.78, 5) is 26.4. The average molecular weight is 295 g/mol. The number of nitrogens with zero attached hydrogens (tertiary/aromatic N) is 1. The molecule has 118 valence electrons. The maximum absolute atomic E-state index is 12.8. The van der Waals surface area contributed by atoms with Gasteiger partial charge in [-0.25, -0.2) is 4.79 Å². The van der Waals surface area contributed by atoms with E-state index in [0.29, 0.717) is 13.1 Å². The molecule has 0 aromatic carbocycles. The van der Waals surface area contributed by atoms with Crippen molar-refractivity contribution >= 4 is 11.9 Å². The predicted octanol–water partition coefficient (Wildman–Crippen LogP) is 0.995. The third-order valence-corrected chi connectivity index (χ3v) is 5.26. The van der Waals surface area contributed by atoms with Crippen molar-refractivity contribution < 1.29 is 14.3 Å². The zero-order chi connectivity index (χ0) is 14.9. The van der Waals surface area contributed by atoms with E-state index in [1.807, 2.05) is 0 Å². The summed E-state index contributed by atoms with van der Waals surface area (Å²) in [5.74, 6) is -0.00363. The van der Waals surface area contributed by atoms with Gasteiger partial charge >= 0.3 is 6.03 Å². The van der Waals surface area contributed by atoms with Gasteiger partial charge in [0.1, 0.15) is 5.54 Å². The van der Waals surface area contributed by atoms with Crippen LogP contribution < -0.4 is 11.1 Å². The molecule has 0 aromatic rings. The van der Waals surface area contributed by atoms with E-state index in [1.165, 1.54) is 4.90 Å². The molecule has 3 atom stereocenters. The number of nitrogens with two attached hydrogens (primary N) is 1. The van der Waals surface area contributed by atoms with Crippen LogP contribution in [0.1, 0.15) is 44.9 Å². The molecule has 2 saturated heterocycles. The number of rotatable bonds is 4. The van der Waals surface area contributed by atoms with Gasteiger partial charge in [-0.3, -0.25) is 9.69 Å². The summed E-state index contributed by atoms with van der Waals surface area (Å²) < 4.78 is 5.57. The Hall–Kier alpha value is -1.14. The van der Waals surface area contributed by atoms with Crippen molar-refractivity contribution in [1.82, 2.24) is 10.2 Å². The molecule has 0 bridgehead atoms. The number of hydrogen-bond donors (Lipinski definition) is 2. The molecular weight excluding hydrogens is 270 g/mol. The number of carbonyl (C=O) groups is 2. The minimum Gasteiger partial charge on any atom is -0.378 e. The Balaban J connectivity index is 1.68. The lowest BCUT2D eigenvalue weighted by atomic mass is 9.72. The number of carbonyl (C=O) groups excluding carboxylic acids is 2. The average Bonchev–Trinajstić information content (AvgIpc) is 3.07. The number of imide groups is 1. The number of amides is 3. The lowest BCUT2D eigenvalue weighted by Gasteiger charge is -2.38. The van der Waals surface area contributed by atoms with E-state index in [-0.39, 0.29) is 24.0 Å². The van der Waals surface area contributed by atoms with Gasteiger partial charge in [0.05, 0.1) is 6.10 Å². The molecule has 1 aliphatic carbocycles. The molecule has 1 saturated carbocycles. The summed E-state index contributed by atoms with van der Waals surface area (Å²) >= 11 is 0. The molecule has 3 unspecified atom stereocenters. The van der Waals surface area contributed by atoms with Gasteiger partial charge < -0.3 is 15.8 Å². The van der Waals surface area contributed by atoms with Gasteiger partial charge in [0.15, 0.2) is 0 Å². The fourth-order valence-corrected chi connectivity index (χ4v) is 4.00. The summed E-state index contributed by atoms with van der Waals surface area (Å²) in [6.07, 6.45) is 6.73. The molecule has 6 nitrogen and oxygen atoms in total. The fraction of sp³-hybridized carbons (Fsp3) is 0.867. The van der Waals surface area contributed by atoms with Crippen molar-refractivity contribution in [2.75, 3.05) is 19.7 Å². The molecule has 3 fully saturated rings. The fourth-order valence-electron chi connectivity index (χ4n) is 4.00. The second-order valence-corrected chi connectivity index (χ2v) is 6.46. The Kier molecular flexibility index (Phi) is 4.17. The molecule has 3 aliphatic rings. The zero-order valence-corrected chi connectivity index (χ0v) is 12.5. The van der Waals surface area contributed by atoms with Crippen molar-refractivity contribution in [1.29, 1.82) is 0 Å². The second-order valence-electron chi connectivity index (χ2n) is 6.46. The van der Waals surface area contributed by atoms with Crippen LogP contribution >= 0.6 is 0 Å². The van der Waals surface area contributed by atoms with Gasteiger partial charge in [0.25, 0.3) is 5.91 Å². The highest BCUT2D eigenvalue weighted by molar-refractivity contribution is 6.07. The molecule has 6 heteroatoms. The summed E-state index contributed by atoms with van der Waals surface area (Å²) in [7, 11) is 0.